The quantitative estimate of drug-likeness (QED) is 0.802. The Bertz CT molecular complexity index is 564. The largest absolute Gasteiger partial charge is 0.396 e. The van der Waals surface area contributed by atoms with Crippen molar-refractivity contribution in [3.05, 3.63) is 10.4 Å². The predicted molar refractivity (Wildman–Crippen MR) is 83.8 cm³/mol. The number of morpholine rings is 1. The summed E-state index contributed by atoms with van der Waals surface area (Å²) < 4.78 is 5.67. The number of nitrogen functional groups attached to an aromatic ring is 1. The van der Waals surface area contributed by atoms with Gasteiger partial charge in [0.15, 0.2) is 5.78 Å². The highest BCUT2D eigenvalue weighted by molar-refractivity contribution is 7.19. The molecule has 0 saturated carbocycles. The third kappa shape index (κ3) is 3.53. The summed E-state index contributed by atoms with van der Waals surface area (Å²) >= 11 is 1.26. The number of hydrogen-bond donors (Lipinski definition) is 2. The Labute approximate surface area is 128 Å². The van der Waals surface area contributed by atoms with Gasteiger partial charge in [0.2, 0.25) is 0 Å². The van der Waals surface area contributed by atoms with Gasteiger partial charge in [-0.1, -0.05) is 6.92 Å². The highest BCUT2D eigenvalue weighted by Gasteiger charge is 2.22. The number of carbonyl (C=O) groups is 1. The van der Waals surface area contributed by atoms with Crippen molar-refractivity contribution in [1.82, 2.24) is 4.90 Å². The van der Waals surface area contributed by atoms with Gasteiger partial charge in [-0.3, -0.25) is 4.79 Å². The molecule has 0 spiro atoms. The molecule has 0 bridgehead atoms. The predicted octanol–water partition coefficient (Wildman–Crippen LogP) is 1.54. The van der Waals surface area contributed by atoms with Crippen LogP contribution in [-0.2, 0) is 4.74 Å². The summed E-state index contributed by atoms with van der Waals surface area (Å²) in [5, 5.41) is 13.1. The first kappa shape index (κ1) is 15.8. The van der Waals surface area contributed by atoms with Crippen LogP contribution in [-0.4, -0.2) is 50.1 Å². The lowest BCUT2D eigenvalue weighted by Crippen LogP contribution is -2.43. The fourth-order valence-corrected chi connectivity index (χ4v) is 3.33. The minimum atomic E-state index is -0.0318. The lowest BCUT2D eigenvalue weighted by atomic mass is 10.2. The second-order valence-electron chi connectivity index (χ2n) is 5.07. The van der Waals surface area contributed by atoms with Gasteiger partial charge in [-0.15, -0.1) is 11.3 Å². The number of hydrogen-bond acceptors (Lipinski definition) is 7. The summed E-state index contributed by atoms with van der Waals surface area (Å²) in [6, 6.07) is 2.08. The molecule has 1 aromatic rings. The molecule has 1 atom stereocenters. The number of anilines is 2. The molecule has 1 saturated heterocycles. The second kappa shape index (κ2) is 6.89. The second-order valence-corrected chi connectivity index (χ2v) is 6.09. The Morgan fingerprint density at radius 1 is 1.67 bits per heavy atom. The number of likely N-dealkylation sites (N-methyl/N-ethyl adjacent to an activating group) is 1. The standard InChI is InChI=1S/C14H20N4O2S/c1-3-11(19)13-12(16)10(6-15)14(21-13)17-7-9-8-18(2)4-5-20-9/h9,17H,3-5,7-8,16H2,1-2H3. The van der Waals surface area contributed by atoms with E-state index in [-0.39, 0.29) is 11.9 Å². The van der Waals surface area contributed by atoms with E-state index in [0.29, 0.717) is 40.7 Å². The van der Waals surface area contributed by atoms with E-state index >= 15 is 0 Å². The molecule has 0 aliphatic carbocycles. The van der Waals surface area contributed by atoms with Crippen LogP contribution in [0.1, 0.15) is 28.6 Å². The molecule has 1 aromatic heterocycles. The van der Waals surface area contributed by atoms with Crippen LogP contribution in [0.25, 0.3) is 0 Å². The monoisotopic (exact) mass is 308 g/mol. The number of rotatable bonds is 5. The van der Waals surface area contributed by atoms with Crippen molar-refractivity contribution in [3.63, 3.8) is 0 Å². The molecule has 7 heteroatoms. The van der Waals surface area contributed by atoms with Gasteiger partial charge in [-0.25, -0.2) is 0 Å². The SMILES string of the molecule is CCC(=O)c1sc(NCC2CN(C)CCO2)c(C#N)c1N. The molecule has 3 N–H and O–H groups in total. The summed E-state index contributed by atoms with van der Waals surface area (Å²) in [4.78, 5) is 14.5. The fraction of sp³-hybridized carbons (Fsp3) is 0.571. The maximum Gasteiger partial charge on any atom is 0.174 e. The smallest absolute Gasteiger partial charge is 0.174 e. The normalized spacial score (nSPS) is 19.2. The lowest BCUT2D eigenvalue weighted by Gasteiger charge is -2.30. The first-order valence-corrected chi connectivity index (χ1v) is 7.78. The number of thiophene rings is 1. The van der Waals surface area contributed by atoms with Crippen LogP contribution in [0, 0.1) is 11.3 Å². The maximum atomic E-state index is 11.8. The first-order valence-electron chi connectivity index (χ1n) is 6.96. The number of nitrogens with one attached hydrogen (secondary N) is 1. The number of Topliss-reactive ketones (excluding diaryl/α,β-unsaturated/α-hetero) is 1. The molecule has 1 aliphatic heterocycles. The average molecular weight is 308 g/mol. The van der Waals surface area contributed by atoms with Gasteiger partial charge in [0.1, 0.15) is 16.6 Å². The van der Waals surface area contributed by atoms with Crippen molar-refractivity contribution in [2.24, 2.45) is 0 Å². The van der Waals surface area contributed by atoms with Gasteiger partial charge < -0.3 is 20.7 Å². The average Bonchev–Trinajstić information content (AvgIpc) is 2.80. The molecule has 1 fully saturated rings. The van der Waals surface area contributed by atoms with Gasteiger partial charge >= 0.3 is 0 Å². The molecular weight excluding hydrogens is 288 g/mol. The Balaban J connectivity index is 2.09. The number of carbonyl (C=O) groups excluding carboxylic acids is 1. The molecule has 0 aromatic carbocycles. The van der Waals surface area contributed by atoms with Crippen molar-refractivity contribution in [1.29, 1.82) is 5.26 Å². The summed E-state index contributed by atoms with van der Waals surface area (Å²) in [5.41, 5.74) is 6.56. The van der Waals surface area contributed by atoms with E-state index < -0.39 is 0 Å². The molecule has 114 valence electrons. The van der Waals surface area contributed by atoms with Gasteiger partial charge in [-0.05, 0) is 7.05 Å². The zero-order valence-corrected chi connectivity index (χ0v) is 13.1. The zero-order chi connectivity index (χ0) is 15.4. The molecule has 2 rings (SSSR count). The van der Waals surface area contributed by atoms with Crippen LogP contribution in [0.5, 0.6) is 0 Å². The first-order chi connectivity index (χ1) is 10.1. The maximum absolute atomic E-state index is 11.8. The molecule has 6 nitrogen and oxygen atoms in total. The van der Waals surface area contributed by atoms with E-state index in [1.165, 1.54) is 11.3 Å². The summed E-state index contributed by atoms with van der Waals surface area (Å²) in [6.45, 7) is 4.86. The molecule has 1 aliphatic rings. The van der Waals surface area contributed by atoms with Crippen LogP contribution in [0.2, 0.25) is 0 Å². The molecule has 21 heavy (non-hydrogen) atoms. The molecule has 2 heterocycles. The third-order valence-corrected chi connectivity index (χ3v) is 4.67. The summed E-state index contributed by atoms with van der Waals surface area (Å²) in [7, 11) is 2.05. The van der Waals surface area contributed by atoms with Crippen LogP contribution in [0.4, 0.5) is 10.7 Å². The number of ketones is 1. The van der Waals surface area contributed by atoms with Crippen molar-refractivity contribution in [2.45, 2.75) is 19.4 Å². The highest BCUT2D eigenvalue weighted by Crippen LogP contribution is 2.35. The Morgan fingerprint density at radius 3 is 3.05 bits per heavy atom. The minimum Gasteiger partial charge on any atom is -0.396 e. The number of nitrogens with two attached hydrogens (primary N) is 1. The van der Waals surface area contributed by atoms with Crippen molar-refractivity contribution < 1.29 is 9.53 Å². The Morgan fingerprint density at radius 2 is 2.43 bits per heavy atom. The van der Waals surface area contributed by atoms with Crippen molar-refractivity contribution in [2.75, 3.05) is 44.3 Å². The van der Waals surface area contributed by atoms with Gasteiger partial charge in [0.05, 0.1) is 23.3 Å². The summed E-state index contributed by atoms with van der Waals surface area (Å²) in [5.74, 6) is -0.0318. The van der Waals surface area contributed by atoms with Gasteiger partial charge in [0.25, 0.3) is 0 Å². The van der Waals surface area contributed by atoms with E-state index in [4.69, 9.17) is 10.5 Å². The molecular formula is C14H20N4O2S. The van der Waals surface area contributed by atoms with Crippen molar-refractivity contribution in [3.8, 4) is 6.07 Å². The number of nitrogens with zero attached hydrogens (tertiary/aromatic N) is 2. The van der Waals surface area contributed by atoms with E-state index in [9.17, 15) is 10.1 Å². The van der Waals surface area contributed by atoms with Gasteiger partial charge in [-0.2, -0.15) is 5.26 Å². The zero-order valence-electron chi connectivity index (χ0n) is 12.3. The Hall–Kier alpha value is -1.62. The van der Waals surface area contributed by atoms with Crippen molar-refractivity contribution >= 4 is 27.8 Å². The number of ether oxygens (including phenoxy) is 1. The van der Waals surface area contributed by atoms with Crippen LogP contribution in [0.15, 0.2) is 0 Å². The molecule has 1 unspecified atom stereocenters. The molecule has 0 radical (unpaired) electrons. The Kier molecular flexibility index (Phi) is 5.17. The van der Waals surface area contributed by atoms with Crippen LogP contribution >= 0.6 is 11.3 Å². The van der Waals surface area contributed by atoms with E-state index in [1.807, 2.05) is 0 Å². The fourth-order valence-electron chi connectivity index (χ4n) is 2.24. The van der Waals surface area contributed by atoms with E-state index in [2.05, 4.69) is 23.3 Å². The topological polar surface area (TPSA) is 91.4 Å². The summed E-state index contributed by atoms with van der Waals surface area (Å²) in [6.07, 6.45) is 0.454. The third-order valence-electron chi connectivity index (χ3n) is 3.46. The van der Waals surface area contributed by atoms with Crippen LogP contribution in [0.3, 0.4) is 0 Å². The lowest BCUT2D eigenvalue weighted by molar-refractivity contribution is -0.0116. The van der Waals surface area contributed by atoms with E-state index in [1.54, 1.807) is 6.92 Å². The van der Waals surface area contributed by atoms with Gasteiger partial charge in [0, 0.05) is 26.1 Å². The van der Waals surface area contributed by atoms with E-state index in [0.717, 1.165) is 13.1 Å². The highest BCUT2D eigenvalue weighted by atomic mass is 32.1. The minimum absolute atomic E-state index is 0.0318. The molecule has 0 amide bonds. The number of nitriles is 1. The van der Waals surface area contributed by atoms with Crippen LogP contribution < -0.4 is 11.1 Å².